The lowest BCUT2D eigenvalue weighted by Crippen LogP contribution is -2.13. The molecule has 0 spiro atoms. The van der Waals surface area contributed by atoms with Crippen molar-refractivity contribution in [1.29, 1.82) is 5.26 Å². The summed E-state index contributed by atoms with van der Waals surface area (Å²) < 4.78 is 5.77. The van der Waals surface area contributed by atoms with Crippen LogP contribution in [0.5, 0.6) is 5.75 Å². The Morgan fingerprint density at radius 1 is 1.03 bits per heavy atom. The summed E-state index contributed by atoms with van der Waals surface area (Å²) >= 11 is 12.4. The highest BCUT2D eigenvalue weighted by Gasteiger charge is 2.16. The van der Waals surface area contributed by atoms with Gasteiger partial charge in [0, 0.05) is 40.5 Å². The zero-order valence-electron chi connectivity index (χ0n) is 17.6. The number of nitrogens with one attached hydrogen (secondary N) is 1. The van der Waals surface area contributed by atoms with Crippen LogP contribution < -0.4 is 10.1 Å². The van der Waals surface area contributed by atoms with Crippen LogP contribution in [0.1, 0.15) is 11.1 Å². The quantitative estimate of drug-likeness (QED) is 0.170. The molecule has 0 radical (unpaired) electrons. The molecule has 176 valence electrons. The van der Waals surface area contributed by atoms with Gasteiger partial charge in [0.2, 0.25) is 0 Å². The van der Waals surface area contributed by atoms with E-state index in [1.807, 2.05) is 0 Å². The van der Waals surface area contributed by atoms with Crippen LogP contribution in [0.15, 0.2) is 66.2 Å². The molecule has 0 atom stereocenters. The van der Waals surface area contributed by atoms with Crippen LogP contribution in [0.4, 0.5) is 17.1 Å². The number of halogens is 2. The molecule has 0 saturated heterocycles. The van der Waals surface area contributed by atoms with Crippen molar-refractivity contribution in [3.8, 4) is 11.8 Å². The molecule has 0 aliphatic rings. The fraction of sp³-hybridized carbons (Fsp3) is 0.0435. The van der Waals surface area contributed by atoms with Crippen LogP contribution in [0.25, 0.3) is 6.08 Å². The first-order valence-corrected chi connectivity index (χ1v) is 10.5. The molecule has 1 amide bonds. The smallest absolute Gasteiger partial charge is 0.271 e. The van der Waals surface area contributed by atoms with Crippen molar-refractivity contribution >= 4 is 52.2 Å². The topological polar surface area (TPSA) is 148 Å². The largest absolute Gasteiger partial charge is 0.487 e. The van der Waals surface area contributed by atoms with Gasteiger partial charge in [-0.3, -0.25) is 25.0 Å². The van der Waals surface area contributed by atoms with Gasteiger partial charge in [-0.15, -0.1) is 0 Å². The van der Waals surface area contributed by atoms with E-state index in [2.05, 4.69) is 5.32 Å². The first kappa shape index (κ1) is 25.2. The van der Waals surface area contributed by atoms with Gasteiger partial charge in [0.25, 0.3) is 17.3 Å². The van der Waals surface area contributed by atoms with Crippen molar-refractivity contribution in [2.45, 2.75) is 6.61 Å². The van der Waals surface area contributed by atoms with Crippen LogP contribution in [-0.4, -0.2) is 15.8 Å². The summed E-state index contributed by atoms with van der Waals surface area (Å²) in [7, 11) is 0. The number of nitro groups is 2. The third-order valence-corrected chi connectivity index (χ3v) is 5.05. The number of carbonyl (C=O) groups is 1. The van der Waals surface area contributed by atoms with Crippen LogP contribution in [0, 0.1) is 31.6 Å². The molecule has 0 heterocycles. The molecule has 0 unspecified atom stereocenters. The number of nitriles is 1. The highest BCUT2D eigenvalue weighted by Crippen LogP contribution is 2.35. The Balaban J connectivity index is 1.86. The molecule has 3 rings (SSSR count). The van der Waals surface area contributed by atoms with Crippen molar-refractivity contribution in [3.63, 3.8) is 0 Å². The van der Waals surface area contributed by atoms with Crippen LogP contribution >= 0.6 is 23.2 Å². The molecule has 0 aliphatic carbocycles. The van der Waals surface area contributed by atoms with Crippen LogP contribution in [0.3, 0.4) is 0 Å². The Hall–Kier alpha value is -4.46. The lowest BCUT2D eigenvalue weighted by molar-refractivity contribution is -0.385. The van der Waals surface area contributed by atoms with E-state index in [9.17, 15) is 30.3 Å². The van der Waals surface area contributed by atoms with Gasteiger partial charge in [-0.1, -0.05) is 29.3 Å². The maximum Gasteiger partial charge on any atom is 0.271 e. The third-order valence-electron chi connectivity index (χ3n) is 4.55. The van der Waals surface area contributed by atoms with Gasteiger partial charge in [0.05, 0.1) is 14.9 Å². The highest BCUT2D eigenvalue weighted by molar-refractivity contribution is 6.36. The van der Waals surface area contributed by atoms with Crippen LogP contribution in [-0.2, 0) is 11.4 Å². The van der Waals surface area contributed by atoms with Crippen molar-refractivity contribution in [1.82, 2.24) is 0 Å². The molecular formula is C23H14Cl2N4O6. The number of hydrogen-bond acceptors (Lipinski definition) is 7. The Kier molecular flexibility index (Phi) is 7.99. The lowest BCUT2D eigenvalue weighted by atomic mass is 10.1. The number of nitro benzene ring substituents is 2. The Morgan fingerprint density at radius 3 is 2.34 bits per heavy atom. The number of benzene rings is 3. The number of non-ortho nitro benzene ring substituents is 2. The molecule has 10 nitrogen and oxygen atoms in total. The van der Waals surface area contributed by atoms with E-state index in [1.165, 1.54) is 60.7 Å². The Morgan fingerprint density at radius 2 is 1.71 bits per heavy atom. The van der Waals surface area contributed by atoms with Gasteiger partial charge in [0.1, 0.15) is 24.0 Å². The first-order chi connectivity index (χ1) is 16.7. The number of anilines is 1. The zero-order chi connectivity index (χ0) is 25.5. The molecule has 0 aliphatic heterocycles. The van der Waals surface area contributed by atoms with E-state index >= 15 is 0 Å². The summed E-state index contributed by atoms with van der Waals surface area (Å²) in [5.41, 5.74) is 0.332. The summed E-state index contributed by atoms with van der Waals surface area (Å²) in [6, 6.07) is 15.6. The molecule has 0 bridgehead atoms. The van der Waals surface area contributed by atoms with E-state index in [0.29, 0.717) is 5.56 Å². The van der Waals surface area contributed by atoms with E-state index in [4.69, 9.17) is 27.9 Å². The standard InChI is InChI=1S/C23H14Cl2N4O6/c24-17-9-15(8-16(12-26)23(30)27-18-2-1-3-20(11-18)29(33)34)22(21(25)10-17)35-13-14-4-6-19(7-5-14)28(31)32/h1-11H,13H2,(H,27,30)/b16-8+. The molecule has 1 N–H and O–H groups in total. The van der Waals surface area contributed by atoms with Crippen molar-refractivity contribution in [2.75, 3.05) is 5.32 Å². The van der Waals surface area contributed by atoms with Gasteiger partial charge >= 0.3 is 0 Å². The molecule has 0 aromatic heterocycles. The number of ether oxygens (including phenoxy) is 1. The summed E-state index contributed by atoms with van der Waals surface area (Å²) in [5.74, 6) is -0.685. The number of amides is 1. The molecule has 12 heteroatoms. The molecule has 35 heavy (non-hydrogen) atoms. The minimum Gasteiger partial charge on any atom is -0.487 e. The number of hydrogen-bond donors (Lipinski definition) is 1. The summed E-state index contributed by atoms with van der Waals surface area (Å²) in [6.45, 7) is -0.0120. The van der Waals surface area contributed by atoms with Gasteiger partial charge in [-0.05, 0) is 42.0 Å². The van der Waals surface area contributed by atoms with E-state index in [-0.39, 0.29) is 50.6 Å². The second-order valence-electron chi connectivity index (χ2n) is 6.95. The second-order valence-corrected chi connectivity index (χ2v) is 7.79. The van der Waals surface area contributed by atoms with Crippen LogP contribution in [0.2, 0.25) is 10.0 Å². The van der Waals surface area contributed by atoms with Gasteiger partial charge in [0.15, 0.2) is 0 Å². The minimum absolute atomic E-state index is 0.0120. The zero-order valence-corrected chi connectivity index (χ0v) is 19.1. The summed E-state index contributed by atoms with van der Waals surface area (Å²) in [4.78, 5) is 33.3. The number of nitrogens with zero attached hydrogens (tertiary/aromatic N) is 3. The summed E-state index contributed by atoms with van der Waals surface area (Å²) in [6.07, 6.45) is 1.22. The molecule has 0 fully saturated rings. The monoisotopic (exact) mass is 512 g/mol. The fourth-order valence-corrected chi connectivity index (χ4v) is 3.47. The van der Waals surface area contributed by atoms with Gasteiger partial charge < -0.3 is 10.1 Å². The van der Waals surface area contributed by atoms with E-state index in [0.717, 1.165) is 6.07 Å². The predicted octanol–water partition coefficient (Wildman–Crippen LogP) is 5.93. The van der Waals surface area contributed by atoms with E-state index in [1.54, 1.807) is 6.07 Å². The Bertz CT molecular complexity index is 1380. The Labute approximate surface area is 208 Å². The maximum absolute atomic E-state index is 12.6. The molecule has 0 saturated carbocycles. The summed E-state index contributed by atoms with van der Waals surface area (Å²) in [5, 5.41) is 34.1. The fourth-order valence-electron chi connectivity index (χ4n) is 2.91. The number of carbonyl (C=O) groups excluding carboxylic acids is 1. The minimum atomic E-state index is -0.814. The average Bonchev–Trinajstić information content (AvgIpc) is 2.82. The van der Waals surface area contributed by atoms with Crippen molar-refractivity contribution in [2.24, 2.45) is 0 Å². The van der Waals surface area contributed by atoms with E-state index < -0.39 is 15.8 Å². The third kappa shape index (κ3) is 6.54. The lowest BCUT2D eigenvalue weighted by Gasteiger charge is -2.13. The van der Waals surface area contributed by atoms with Gasteiger partial charge in [-0.2, -0.15) is 5.26 Å². The first-order valence-electron chi connectivity index (χ1n) is 9.70. The molecule has 3 aromatic rings. The van der Waals surface area contributed by atoms with Crippen molar-refractivity contribution < 1.29 is 19.4 Å². The predicted molar refractivity (Wildman–Crippen MR) is 129 cm³/mol. The highest BCUT2D eigenvalue weighted by atomic mass is 35.5. The normalized spacial score (nSPS) is 10.8. The average molecular weight is 513 g/mol. The second kappa shape index (κ2) is 11.1. The molecule has 3 aromatic carbocycles. The molecular weight excluding hydrogens is 499 g/mol. The maximum atomic E-state index is 12.6. The van der Waals surface area contributed by atoms with Crippen molar-refractivity contribution in [3.05, 3.63) is 108 Å². The van der Waals surface area contributed by atoms with Gasteiger partial charge in [-0.25, -0.2) is 0 Å². The number of rotatable bonds is 8. The SMILES string of the molecule is N#C/C(=C\c1cc(Cl)cc(Cl)c1OCc1ccc([N+](=O)[O-])cc1)C(=O)Nc1cccc([N+](=O)[O-])c1.